The van der Waals surface area contributed by atoms with Crippen molar-refractivity contribution in [2.45, 2.75) is 19.8 Å². The van der Waals surface area contributed by atoms with Gasteiger partial charge in [-0.15, -0.1) is 0 Å². The number of methoxy groups -OCH3 is 1. The minimum absolute atomic E-state index is 0.0783. The van der Waals surface area contributed by atoms with E-state index < -0.39 is 0 Å². The zero-order valence-electron chi connectivity index (χ0n) is 11.2. The van der Waals surface area contributed by atoms with Gasteiger partial charge in [0.15, 0.2) is 0 Å². The highest BCUT2D eigenvalue weighted by Crippen LogP contribution is 2.33. The van der Waals surface area contributed by atoms with Gasteiger partial charge in [0.25, 0.3) is 0 Å². The summed E-state index contributed by atoms with van der Waals surface area (Å²) in [5.41, 5.74) is 2.72. The van der Waals surface area contributed by atoms with Crippen LogP contribution in [-0.4, -0.2) is 18.1 Å². The Morgan fingerprint density at radius 1 is 1.21 bits per heavy atom. The van der Waals surface area contributed by atoms with Crippen LogP contribution in [0, 0.1) is 0 Å². The van der Waals surface area contributed by atoms with Gasteiger partial charge in [-0.3, -0.25) is 4.90 Å². The van der Waals surface area contributed by atoms with Crippen LogP contribution in [0.5, 0.6) is 0 Å². The van der Waals surface area contributed by atoms with E-state index in [9.17, 15) is 4.79 Å². The average Bonchev–Trinajstić information content (AvgIpc) is 2.38. The van der Waals surface area contributed by atoms with Gasteiger partial charge in [0.1, 0.15) is 0 Å². The number of rotatable bonds is 1. The number of carbonyl (C=O) groups is 1. The first-order chi connectivity index (χ1) is 9.04. The molecule has 0 atom stereocenters. The maximum Gasteiger partial charge on any atom is 0.418 e. The van der Waals surface area contributed by atoms with Crippen molar-refractivity contribution in [1.82, 2.24) is 4.90 Å². The molecular weight excluding hydrogens is 262 g/mol. The number of hydrogen-bond acceptors (Lipinski definition) is 2. The number of allylic oxidation sites excluding steroid dienone is 4. The van der Waals surface area contributed by atoms with Crippen LogP contribution < -0.4 is 0 Å². The summed E-state index contributed by atoms with van der Waals surface area (Å²) >= 11 is 6.22. The molecule has 1 heterocycles. The summed E-state index contributed by atoms with van der Waals surface area (Å²) in [6, 6.07) is 7.73. The van der Waals surface area contributed by atoms with Crippen LogP contribution in [0.4, 0.5) is 4.79 Å². The number of carbonyl (C=O) groups excluding carboxylic acids is 1. The van der Waals surface area contributed by atoms with E-state index >= 15 is 0 Å². The Labute approximate surface area is 118 Å². The number of ether oxygens (including phenoxy) is 1. The Bertz CT molecular complexity index is 543. The molecule has 0 radical (unpaired) electrons. The highest BCUT2D eigenvalue weighted by Gasteiger charge is 2.24. The van der Waals surface area contributed by atoms with Gasteiger partial charge in [0.2, 0.25) is 0 Å². The van der Waals surface area contributed by atoms with Gasteiger partial charge in [0.05, 0.1) is 7.11 Å². The fraction of sp³-hybridized carbons (Fsp3) is 0.267. The zero-order valence-corrected chi connectivity index (χ0v) is 11.9. The fourth-order valence-corrected chi connectivity index (χ4v) is 2.56. The molecule has 0 saturated heterocycles. The van der Waals surface area contributed by atoms with Crippen molar-refractivity contribution in [2.75, 3.05) is 7.11 Å². The molecule has 2 rings (SSSR count). The highest BCUT2D eigenvalue weighted by atomic mass is 35.5. The smallest absolute Gasteiger partial charge is 0.418 e. The summed E-state index contributed by atoms with van der Waals surface area (Å²) in [5, 5.41) is 0.729. The Kier molecular flexibility index (Phi) is 3.96. The SMILES string of the molecule is COC(=O)N1C(C)=CC(c2ccccc2Cl)C=C1C. The summed E-state index contributed by atoms with van der Waals surface area (Å²) in [6.45, 7) is 3.77. The van der Waals surface area contributed by atoms with Crippen molar-refractivity contribution in [3.8, 4) is 0 Å². The van der Waals surface area contributed by atoms with Crippen LogP contribution in [0.3, 0.4) is 0 Å². The van der Waals surface area contributed by atoms with E-state index in [-0.39, 0.29) is 12.0 Å². The molecule has 1 aromatic carbocycles. The van der Waals surface area contributed by atoms with Crippen LogP contribution in [-0.2, 0) is 4.74 Å². The molecule has 1 aliphatic heterocycles. The molecule has 0 fully saturated rings. The van der Waals surface area contributed by atoms with Crippen molar-refractivity contribution in [3.05, 3.63) is 58.4 Å². The molecule has 1 amide bonds. The summed E-state index contributed by atoms with van der Waals surface area (Å²) in [4.78, 5) is 13.2. The fourth-order valence-electron chi connectivity index (χ4n) is 2.30. The van der Waals surface area contributed by atoms with Crippen LogP contribution >= 0.6 is 11.6 Å². The lowest BCUT2D eigenvalue weighted by molar-refractivity contribution is 0.145. The van der Waals surface area contributed by atoms with E-state index in [2.05, 4.69) is 0 Å². The Morgan fingerprint density at radius 2 is 1.79 bits per heavy atom. The average molecular weight is 278 g/mol. The molecule has 0 aliphatic carbocycles. The van der Waals surface area contributed by atoms with Crippen molar-refractivity contribution in [1.29, 1.82) is 0 Å². The Morgan fingerprint density at radius 3 is 2.32 bits per heavy atom. The van der Waals surface area contributed by atoms with E-state index in [0.717, 1.165) is 22.0 Å². The van der Waals surface area contributed by atoms with Crippen LogP contribution in [0.2, 0.25) is 5.02 Å². The molecule has 1 aromatic rings. The molecule has 0 aromatic heterocycles. The van der Waals surface area contributed by atoms with Gasteiger partial charge in [-0.1, -0.05) is 42.0 Å². The van der Waals surface area contributed by atoms with Crippen LogP contribution in [0.1, 0.15) is 25.3 Å². The predicted molar refractivity (Wildman–Crippen MR) is 76.0 cm³/mol. The van der Waals surface area contributed by atoms with Crippen LogP contribution in [0.25, 0.3) is 0 Å². The summed E-state index contributed by atoms with van der Waals surface area (Å²) in [7, 11) is 1.38. The Balaban J connectivity index is 2.37. The second-order valence-corrected chi connectivity index (χ2v) is 4.88. The monoisotopic (exact) mass is 277 g/mol. The van der Waals surface area contributed by atoms with E-state index in [4.69, 9.17) is 16.3 Å². The number of hydrogen-bond donors (Lipinski definition) is 0. The third kappa shape index (κ3) is 2.66. The molecule has 0 bridgehead atoms. The van der Waals surface area contributed by atoms with Crippen LogP contribution in [0.15, 0.2) is 47.8 Å². The van der Waals surface area contributed by atoms with Crippen molar-refractivity contribution < 1.29 is 9.53 Å². The number of benzene rings is 1. The maximum absolute atomic E-state index is 11.7. The van der Waals surface area contributed by atoms with E-state index in [1.807, 2.05) is 50.3 Å². The normalized spacial score (nSPS) is 15.9. The Hall–Kier alpha value is -1.74. The molecule has 3 nitrogen and oxygen atoms in total. The molecule has 0 N–H and O–H groups in total. The molecule has 0 saturated carbocycles. The van der Waals surface area contributed by atoms with Gasteiger partial charge >= 0.3 is 6.09 Å². The van der Waals surface area contributed by atoms with Crippen molar-refractivity contribution in [2.24, 2.45) is 0 Å². The first-order valence-electron chi connectivity index (χ1n) is 6.04. The lowest BCUT2D eigenvalue weighted by Crippen LogP contribution is -2.30. The summed E-state index contributed by atoms with van der Waals surface area (Å²) < 4.78 is 4.77. The quantitative estimate of drug-likeness (QED) is 0.765. The highest BCUT2D eigenvalue weighted by molar-refractivity contribution is 6.31. The number of nitrogens with zero attached hydrogens (tertiary/aromatic N) is 1. The maximum atomic E-state index is 11.7. The van der Waals surface area contributed by atoms with E-state index in [0.29, 0.717) is 0 Å². The van der Waals surface area contributed by atoms with Gasteiger partial charge in [-0.05, 0) is 25.5 Å². The first-order valence-corrected chi connectivity index (χ1v) is 6.41. The molecular formula is C15H16ClNO2. The third-order valence-corrected chi connectivity index (χ3v) is 3.51. The topological polar surface area (TPSA) is 29.5 Å². The molecule has 4 heteroatoms. The predicted octanol–water partition coefficient (Wildman–Crippen LogP) is 4.31. The minimum Gasteiger partial charge on any atom is -0.452 e. The number of halogens is 1. The largest absolute Gasteiger partial charge is 0.452 e. The van der Waals surface area contributed by atoms with Crippen molar-refractivity contribution in [3.63, 3.8) is 0 Å². The zero-order chi connectivity index (χ0) is 14.0. The van der Waals surface area contributed by atoms with Gasteiger partial charge < -0.3 is 4.74 Å². The molecule has 100 valence electrons. The second kappa shape index (κ2) is 5.49. The molecule has 0 unspecified atom stereocenters. The summed E-state index contributed by atoms with van der Waals surface area (Å²) in [6.07, 6.45) is 3.64. The lowest BCUT2D eigenvalue weighted by Gasteiger charge is -2.29. The molecule has 0 spiro atoms. The first kappa shape index (κ1) is 13.7. The third-order valence-electron chi connectivity index (χ3n) is 3.17. The number of amides is 1. The standard InChI is InChI=1S/C15H16ClNO2/c1-10-8-12(13-6-4-5-7-14(13)16)9-11(2)17(10)15(18)19-3/h4-9,12H,1-3H3. The van der Waals surface area contributed by atoms with Gasteiger partial charge in [-0.25, -0.2) is 4.79 Å². The molecule has 19 heavy (non-hydrogen) atoms. The lowest BCUT2D eigenvalue weighted by atomic mass is 9.94. The van der Waals surface area contributed by atoms with Gasteiger partial charge in [0, 0.05) is 22.3 Å². The summed E-state index contributed by atoms with van der Waals surface area (Å²) in [5.74, 6) is 0.0783. The second-order valence-electron chi connectivity index (χ2n) is 4.47. The van der Waals surface area contributed by atoms with Gasteiger partial charge in [-0.2, -0.15) is 0 Å². The molecule has 1 aliphatic rings. The van der Waals surface area contributed by atoms with E-state index in [1.54, 1.807) is 4.90 Å². The van der Waals surface area contributed by atoms with Crippen molar-refractivity contribution >= 4 is 17.7 Å². The van der Waals surface area contributed by atoms with E-state index in [1.165, 1.54) is 7.11 Å². The minimum atomic E-state index is -0.375.